The van der Waals surface area contributed by atoms with E-state index in [4.69, 9.17) is 26.7 Å². The molecule has 0 radical (unpaired) electrons. The molecule has 0 aliphatic heterocycles. The second kappa shape index (κ2) is 7.65. The van der Waals surface area contributed by atoms with Crippen molar-refractivity contribution in [1.82, 2.24) is 39.2 Å². The molecule has 168 valence electrons. The highest BCUT2D eigenvalue weighted by atomic mass is 35.5. The number of aryl methyl sites for hydroxylation is 1. The van der Waals surface area contributed by atoms with E-state index in [1.807, 2.05) is 23.5 Å². The van der Waals surface area contributed by atoms with Crippen LogP contribution in [0.25, 0.3) is 11.6 Å². The number of hydrogen-bond donors (Lipinski definition) is 0. The topological polar surface area (TPSA) is 89.4 Å². The molecule has 0 N–H and O–H groups in total. The van der Waals surface area contributed by atoms with Crippen molar-refractivity contribution in [3.05, 3.63) is 39.8 Å². The van der Waals surface area contributed by atoms with Gasteiger partial charge in [-0.25, -0.2) is 9.50 Å². The number of fused-ring (bicyclic) bond motifs is 2. The molecule has 5 rings (SSSR count). The van der Waals surface area contributed by atoms with E-state index in [-0.39, 0.29) is 5.92 Å². The zero-order valence-electron chi connectivity index (χ0n) is 19.3. The van der Waals surface area contributed by atoms with Gasteiger partial charge in [-0.1, -0.05) is 32.4 Å². The summed E-state index contributed by atoms with van der Waals surface area (Å²) >= 11 is 6.62. The molecular weight excluding hydrogens is 426 g/mol. The van der Waals surface area contributed by atoms with Crippen molar-refractivity contribution in [3.63, 3.8) is 0 Å². The van der Waals surface area contributed by atoms with Crippen molar-refractivity contribution in [2.45, 2.75) is 64.7 Å². The fourth-order valence-corrected chi connectivity index (χ4v) is 5.03. The molecule has 0 saturated heterocycles. The molecular formula is C22H28ClN9. The van der Waals surface area contributed by atoms with E-state index in [0.717, 1.165) is 22.9 Å². The summed E-state index contributed by atoms with van der Waals surface area (Å²) in [7, 11) is 3.93. The van der Waals surface area contributed by atoms with Gasteiger partial charge in [-0.3, -0.25) is 0 Å². The lowest BCUT2D eigenvalue weighted by molar-refractivity contribution is 0.690. The molecule has 9 nitrogen and oxygen atoms in total. The van der Waals surface area contributed by atoms with Crippen LogP contribution >= 0.6 is 11.6 Å². The first-order valence-corrected chi connectivity index (χ1v) is 11.5. The van der Waals surface area contributed by atoms with Crippen LogP contribution in [0.15, 0.2) is 6.33 Å². The van der Waals surface area contributed by atoms with E-state index >= 15 is 0 Å². The number of aromatic nitrogens is 8. The van der Waals surface area contributed by atoms with Gasteiger partial charge in [0.25, 0.3) is 11.6 Å². The molecule has 32 heavy (non-hydrogen) atoms. The Labute approximate surface area is 191 Å². The standard InChI is InChI=1S/C22H28ClN9/c1-11(2)16-13(4)26-22-27-15(29-31(22)18(16)14-7-8-14)9-12(3)17-19(23)28-21-24-10-25-32(21)20(17)30(5)6/h10-12,14H,7-9H2,1-6H3. The van der Waals surface area contributed by atoms with Gasteiger partial charge in [0.1, 0.15) is 17.3 Å². The van der Waals surface area contributed by atoms with Crippen LogP contribution in [0.2, 0.25) is 5.15 Å². The molecule has 4 aromatic rings. The van der Waals surface area contributed by atoms with Crippen LogP contribution in [-0.2, 0) is 6.42 Å². The summed E-state index contributed by atoms with van der Waals surface area (Å²) in [5, 5.41) is 9.68. The summed E-state index contributed by atoms with van der Waals surface area (Å²) in [5.41, 5.74) is 4.55. The van der Waals surface area contributed by atoms with Crippen molar-refractivity contribution >= 4 is 29.0 Å². The molecule has 4 aromatic heterocycles. The van der Waals surface area contributed by atoms with Gasteiger partial charge in [0.2, 0.25) is 0 Å². The Morgan fingerprint density at radius 3 is 2.47 bits per heavy atom. The molecule has 0 bridgehead atoms. The monoisotopic (exact) mass is 453 g/mol. The first-order valence-electron chi connectivity index (χ1n) is 11.1. The quantitative estimate of drug-likeness (QED) is 0.408. The summed E-state index contributed by atoms with van der Waals surface area (Å²) in [6.07, 6.45) is 4.51. The second-order valence-electron chi connectivity index (χ2n) is 9.28. The first-order chi connectivity index (χ1) is 15.3. The van der Waals surface area contributed by atoms with Crippen LogP contribution in [0.3, 0.4) is 0 Å². The molecule has 4 heterocycles. The first kappa shape index (κ1) is 21.1. The summed E-state index contributed by atoms with van der Waals surface area (Å²) in [6.45, 7) is 8.64. The Kier molecular flexibility index (Phi) is 5.03. The maximum absolute atomic E-state index is 6.62. The summed E-state index contributed by atoms with van der Waals surface area (Å²) < 4.78 is 3.70. The van der Waals surface area contributed by atoms with Crippen molar-refractivity contribution in [2.24, 2.45) is 0 Å². The number of nitrogens with zero attached hydrogens (tertiary/aromatic N) is 9. The second-order valence-corrected chi connectivity index (χ2v) is 9.63. The molecule has 10 heteroatoms. The molecule has 1 fully saturated rings. The van der Waals surface area contributed by atoms with Gasteiger partial charge in [-0.15, -0.1) is 5.10 Å². The summed E-state index contributed by atoms with van der Waals surface area (Å²) in [6, 6.07) is 0. The van der Waals surface area contributed by atoms with Crippen molar-refractivity contribution < 1.29 is 0 Å². The third-order valence-electron chi connectivity index (χ3n) is 6.13. The van der Waals surface area contributed by atoms with Crippen LogP contribution in [0.4, 0.5) is 5.82 Å². The minimum Gasteiger partial charge on any atom is -0.362 e. The van der Waals surface area contributed by atoms with Gasteiger partial charge < -0.3 is 4.90 Å². The van der Waals surface area contributed by atoms with Gasteiger partial charge in [-0.05, 0) is 37.2 Å². The molecule has 1 aliphatic rings. The largest absolute Gasteiger partial charge is 0.362 e. The van der Waals surface area contributed by atoms with E-state index < -0.39 is 0 Å². The van der Waals surface area contributed by atoms with Crippen LogP contribution < -0.4 is 4.90 Å². The minimum atomic E-state index is 0.0217. The molecule has 1 aliphatic carbocycles. The average molecular weight is 454 g/mol. The SMILES string of the molecule is Cc1nc2nc(CC(C)c3c(Cl)nc4ncnn4c3N(C)C)nn2c(C2CC2)c1C(C)C. The lowest BCUT2D eigenvalue weighted by Crippen LogP contribution is -2.19. The van der Waals surface area contributed by atoms with Crippen LogP contribution in [0.1, 0.15) is 79.7 Å². The number of anilines is 1. The zero-order chi connectivity index (χ0) is 22.7. The molecule has 1 atom stereocenters. The third-order valence-corrected chi connectivity index (χ3v) is 6.42. The molecule has 1 saturated carbocycles. The highest BCUT2D eigenvalue weighted by Crippen LogP contribution is 2.44. The summed E-state index contributed by atoms with van der Waals surface area (Å²) in [5.74, 6) is 3.76. The van der Waals surface area contributed by atoms with E-state index in [1.165, 1.54) is 30.4 Å². The van der Waals surface area contributed by atoms with Gasteiger partial charge in [-0.2, -0.15) is 24.6 Å². The van der Waals surface area contributed by atoms with Gasteiger partial charge >= 0.3 is 0 Å². The Morgan fingerprint density at radius 1 is 1.06 bits per heavy atom. The van der Waals surface area contributed by atoms with Gasteiger partial charge in [0, 0.05) is 37.7 Å². The predicted octanol–water partition coefficient (Wildman–Crippen LogP) is 3.94. The van der Waals surface area contributed by atoms with Crippen LogP contribution in [0.5, 0.6) is 0 Å². The Morgan fingerprint density at radius 2 is 1.81 bits per heavy atom. The van der Waals surface area contributed by atoms with E-state index in [1.54, 1.807) is 4.52 Å². The van der Waals surface area contributed by atoms with Crippen LogP contribution in [0, 0.1) is 6.92 Å². The van der Waals surface area contributed by atoms with Crippen molar-refractivity contribution in [2.75, 3.05) is 19.0 Å². The Bertz CT molecular complexity index is 1320. The smallest absolute Gasteiger partial charge is 0.255 e. The maximum Gasteiger partial charge on any atom is 0.255 e. The average Bonchev–Trinajstić information content (AvgIpc) is 3.32. The minimum absolute atomic E-state index is 0.0217. The number of rotatable bonds is 6. The van der Waals surface area contributed by atoms with Crippen molar-refractivity contribution in [3.8, 4) is 0 Å². The fraction of sp³-hybridized carbons (Fsp3) is 0.545. The number of halogens is 1. The third kappa shape index (κ3) is 3.39. The normalized spacial score (nSPS) is 15.2. The summed E-state index contributed by atoms with van der Waals surface area (Å²) in [4.78, 5) is 20.2. The zero-order valence-corrected chi connectivity index (χ0v) is 20.1. The van der Waals surface area contributed by atoms with E-state index in [0.29, 0.717) is 35.0 Å². The maximum atomic E-state index is 6.62. The lowest BCUT2D eigenvalue weighted by Gasteiger charge is -2.22. The fourth-order valence-electron chi connectivity index (χ4n) is 4.68. The lowest BCUT2D eigenvalue weighted by atomic mass is 9.97. The predicted molar refractivity (Wildman–Crippen MR) is 124 cm³/mol. The Balaban J connectivity index is 1.58. The van der Waals surface area contributed by atoms with Crippen LogP contribution in [-0.4, -0.2) is 53.3 Å². The van der Waals surface area contributed by atoms with Gasteiger partial charge in [0.05, 0.1) is 5.69 Å². The van der Waals surface area contributed by atoms with Crippen molar-refractivity contribution in [1.29, 1.82) is 0 Å². The molecule has 1 unspecified atom stereocenters. The highest BCUT2D eigenvalue weighted by molar-refractivity contribution is 6.30. The highest BCUT2D eigenvalue weighted by Gasteiger charge is 2.32. The van der Waals surface area contributed by atoms with E-state index in [9.17, 15) is 0 Å². The van der Waals surface area contributed by atoms with E-state index in [2.05, 4.69) is 42.8 Å². The Hall–Kier alpha value is -2.81. The molecule has 0 aromatic carbocycles. The molecule has 0 spiro atoms. The molecule has 0 amide bonds. The number of hydrogen-bond acceptors (Lipinski definition) is 7. The van der Waals surface area contributed by atoms with Gasteiger partial charge in [0.15, 0.2) is 5.82 Å².